The molecule has 0 radical (unpaired) electrons. The fraction of sp³-hybridized carbons (Fsp3) is 0.333. The van der Waals surface area contributed by atoms with Gasteiger partial charge in [0.2, 0.25) is 11.8 Å². The van der Waals surface area contributed by atoms with Crippen LogP contribution in [0.3, 0.4) is 0 Å². The number of benzene rings is 4. The number of nitrogens with one attached hydrogen (secondary N) is 1. The summed E-state index contributed by atoms with van der Waals surface area (Å²) in [5.74, 6) is -0.474. The first-order valence-electron chi connectivity index (χ1n) is 16.9. The van der Waals surface area contributed by atoms with Crippen LogP contribution in [-0.4, -0.2) is 65.1 Å². The first-order valence-corrected chi connectivity index (χ1v) is 18.3. The number of hydrogen-bond donors (Lipinski definition) is 1. The van der Waals surface area contributed by atoms with E-state index in [1.54, 1.807) is 18.2 Å². The minimum absolute atomic E-state index is 0.0146. The molecule has 1 saturated carbocycles. The maximum Gasteiger partial charge on any atom is 0.264 e. The fourth-order valence-corrected chi connectivity index (χ4v) is 7.74. The van der Waals surface area contributed by atoms with Crippen LogP contribution in [0.5, 0.6) is 17.2 Å². The fourth-order valence-electron chi connectivity index (χ4n) is 6.31. The molecule has 4 aromatic carbocycles. The molecule has 1 aliphatic rings. The Morgan fingerprint density at radius 1 is 0.804 bits per heavy atom. The molecule has 1 N–H and O–H groups in total. The Morgan fingerprint density at radius 2 is 1.49 bits per heavy atom. The molecule has 1 aliphatic carbocycles. The van der Waals surface area contributed by atoms with E-state index in [1.165, 1.54) is 56.6 Å². The van der Waals surface area contributed by atoms with E-state index in [9.17, 15) is 22.4 Å². The Balaban J connectivity index is 1.59. The lowest BCUT2D eigenvalue weighted by molar-refractivity contribution is -0.140. The van der Waals surface area contributed by atoms with E-state index in [0.29, 0.717) is 17.1 Å². The Kier molecular flexibility index (Phi) is 12.5. The number of methoxy groups -OCH3 is 3. The van der Waals surface area contributed by atoms with Gasteiger partial charge in [0.25, 0.3) is 10.0 Å². The number of hydrogen-bond acceptors (Lipinski definition) is 7. The van der Waals surface area contributed by atoms with Crippen molar-refractivity contribution in [2.24, 2.45) is 0 Å². The van der Waals surface area contributed by atoms with Gasteiger partial charge in [-0.1, -0.05) is 61.7 Å². The second-order valence-electron chi connectivity index (χ2n) is 12.4. The number of anilines is 1. The van der Waals surface area contributed by atoms with Gasteiger partial charge in [-0.3, -0.25) is 13.9 Å². The molecule has 1 fully saturated rings. The molecule has 12 heteroatoms. The molecule has 0 spiro atoms. The van der Waals surface area contributed by atoms with Gasteiger partial charge in [0.05, 0.1) is 31.9 Å². The summed E-state index contributed by atoms with van der Waals surface area (Å²) in [5.41, 5.74) is 1.58. The van der Waals surface area contributed by atoms with Gasteiger partial charge in [-0.25, -0.2) is 12.8 Å². The highest BCUT2D eigenvalue weighted by Crippen LogP contribution is 2.33. The molecule has 270 valence electrons. The summed E-state index contributed by atoms with van der Waals surface area (Å²) in [6.07, 6.45) is 4.98. The Morgan fingerprint density at radius 3 is 2.16 bits per heavy atom. The Labute approximate surface area is 299 Å². The van der Waals surface area contributed by atoms with Crippen LogP contribution in [-0.2, 0) is 32.6 Å². The standard InChI is InChI=1S/C39H44FN3O7S/c1-48-33-16-10-13-29(23-33)26-42(35(24-28-11-6-4-7-12-28)39(45)41-31-14-8-5-9-15-31)38(44)27-43(32-19-17-30(40)18-20-32)51(46,47)34-21-22-36(49-2)37(25-34)50-3/h4,6-7,10-13,16-23,25,31,35H,5,8-9,14-15,24,26-27H2,1-3H3,(H,41,45). The molecule has 5 rings (SSSR count). The predicted molar refractivity (Wildman–Crippen MR) is 193 cm³/mol. The maximum absolute atomic E-state index is 14.8. The second kappa shape index (κ2) is 17.2. The molecule has 0 saturated heterocycles. The van der Waals surface area contributed by atoms with Gasteiger partial charge in [0.15, 0.2) is 11.5 Å². The van der Waals surface area contributed by atoms with Crippen LogP contribution in [0.15, 0.2) is 102 Å². The zero-order valence-electron chi connectivity index (χ0n) is 29.1. The van der Waals surface area contributed by atoms with E-state index in [2.05, 4.69) is 5.32 Å². The lowest BCUT2D eigenvalue weighted by atomic mass is 9.94. The molecule has 1 unspecified atom stereocenters. The number of carbonyl (C=O) groups excluding carboxylic acids is 2. The van der Waals surface area contributed by atoms with Crippen molar-refractivity contribution in [1.29, 1.82) is 0 Å². The van der Waals surface area contributed by atoms with Crippen LogP contribution in [0, 0.1) is 5.82 Å². The van der Waals surface area contributed by atoms with Crippen molar-refractivity contribution in [3.63, 3.8) is 0 Å². The molecule has 0 heterocycles. The summed E-state index contributed by atoms with van der Waals surface area (Å²) in [5, 5.41) is 3.20. The molecule has 4 aromatic rings. The number of sulfonamides is 1. The zero-order valence-corrected chi connectivity index (χ0v) is 29.9. The van der Waals surface area contributed by atoms with Gasteiger partial charge in [0, 0.05) is 25.1 Å². The molecule has 0 bridgehead atoms. The topological polar surface area (TPSA) is 114 Å². The minimum Gasteiger partial charge on any atom is -0.497 e. The summed E-state index contributed by atoms with van der Waals surface area (Å²) in [4.78, 5) is 30.3. The van der Waals surface area contributed by atoms with Crippen LogP contribution in [0.25, 0.3) is 0 Å². The highest BCUT2D eigenvalue weighted by atomic mass is 32.2. The molecule has 51 heavy (non-hydrogen) atoms. The number of halogens is 1. The quantitative estimate of drug-likeness (QED) is 0.157. The van der Waals surface area contributed by atoms with E-state index >= 15 is 0 Å². The molecular formula is C39H44FN3O7S. The first kappa shape index (κ1) is 37.2. The number of carbonyl (C=O) groups is 2. The van der Waals surface area contributed by atoms with Crippen LogP contribution in [0.4, 0.5) is 10.1 Å². The highest BCUT2D eigenvalue weighted by molar-refractivity contribution is 7.92. The van der Waals surface area contributed by atoms with Crippen molar-refractivity contribution >= 4 is 27.5 Å². The third-order valence-corrected chi connectivity index (χ3v) is 10.8. The number of amides is 2. The van der Waals surface area contributed by atoms with Crippen LogP contribution >= 0.6 is 0 Å². The molecule has 0 aromatic heterocycles. The maximum atomic E-state index is 14.8. The number of ether oxygens (including phenoxy) is 3. The lowest BCUT2D eigenvalue weighted by Gasteiger charge is -2.35. The molecule has 0 aliphatic heterocycles. The zero-order chi connectivity index (χ0) is 36.4. The SMILES string of the molecule is COc1cccc(CN(C(=O)CN(c2ccc(F)cc2)S(=O)(=O)c2ccc(OC)c(OC)c2)C(Cc2ccccc2)C(=O)NC2CCCCC2)c1. The van der Waals surface area contributed by atoms with E-state index in [0.717, 1.165) is 54.1 Å². The number of rotatable bonds is 15. The van der Waals surface area contributed by atoms with Crippen LogP contribution in [0.1, 0.15) is 43.2 Å². The van der Waals surface area contributed by atoms with Gasteiger partial charge in [-0.15, -0.1) is 0 Å². The van der Waals surface area contributed by atoms with Gasteiger partial charge in [0.1, 0.15) is 24.2 Å². The van der Waals surface area contributed by atoms with E-state index in [1.807, 2.05) is 36.4 Å². The normalized spacial score (nSPS) is 13.9. The van der Waals surface area contributed by atoms with E-state index in [4.69, 9.17) is 14.2 Å². The lowest BCUT2D eigenvalue weighted by Crippen LogP contribution is -2.55. The Hall–Kier alpha value is -5.10. The van der Waals surface area contributed by atoms with Gasteiger partial charge in [-0.05, 0) is 72.5 Å². The van der Waals surface area contributed by atoms with E-state index < -0.39 is 34.3 Å². The van der Waals surface area contributed by atoms with Crippen molar-refractivity contribution in [1.82, 2.24) is 10.2 Å². The third-order valence-electron chi connectivity index (χ3n) is 9.05. The predicted octanol–water partition coefficient (Wildman–Crippen LogP) is 6.14. The highest BCUT2D eigenvalue weighted by Gasteiger charge is 2.36. The minimum atomic E-state index is -4.46. The average molecular weight is 718 g/mol. The van der Waals surface area contributed by atoms with E-state index in [-0.39, 0.29) is 41.2 Å². The average Bonchev–Trinajstić information content (AvgIpc) is 3.16. The summed E-state index contributed by atoms with van der Waals surface area (Å²) in [7, 11) is -0.0984. The summed E-state index contributed by atoms with van der Waals surface area (Å²) >= 11 is 0. The smallest absolute Gasteiger partial charge is 0.264 e. The molecule has 1 atom stereocenters. The van der Waals surface area contributed by atoms with Crippen LogP contribution < -0.4 is 23.8 Å². The van der Waals surface area contributed by atoms with Crippen molar-refractivity contribution in [2.75, 3.05) is 32.2 Å². The van der Waals surface area contributed by atoms with Crippen molar-refractivity contribution in [3.05, 3.63) is 114 Å². The Bertz CT molecular complexity index is 1880. The van der Waals surface area contributed by atoms with Gasteiger partial charge >= 0.3 is 0 Å². The molecule has 10 nitrogen and oxygen atoms in total. The van der Waals surface area contributed by atoms with Crippen molar-refractivity contribution in [2.45, 2.75) is 62.0 Å². The largest absolute Gasteiger partial charge is 0.497 e. The molecule has 2 amide bonds. The summed E-state index contributed by atoms with van der Waals surface area (Å²) in [6, 6.07) is 24.5. The monoisotopic (exact) mass is 717 g/mol. The van der Waals surface area contributed by atoms with Gasteiger partial charge in [-0.2, -0.15) is 0 Å². The first-order chi connectivity index (χ1) is 24.6. The molecular weight excluding hydrogens is 674 g/mol. The third kappa shape index (κ3) is 9.37. The van der Waals surface area contributed by atoms with Crippen LogP contribution in [0.2, 0.25) is 0 Å². The van der Waals surface area contributed by atoms with Crippen molar-refractivity contribution < 1.29 is 36.6 Å². The second-order valence-corrected chi connectivity index (χ2v) is 14.3. The number of nitrogens with zero attached hydrogens (tertiary/aromatic N) is 2. The summed E-state index contributed by atoms with van der Waals surface area (Å²) < 4.78 is 60.0. The summed E-state index contributed by atoms with van der Waals surface area (Å²) in [6.45, 7) is -0.701. The van der Waals surface area contributed by atoms with Gasteiger partial charge < -0.3 is 24.4 Å². The van der Waals surface area contributed by atoms with Crippen molar-refractivity contribution in [3.8, 4) is 17.2 Å².